The van der Waals surface area contributed by atoms with E-state index in [2.05, 4.69) is 0 Å². The molecular formula is C10H18O4. The molecular weight excluding hydrogens is 184 g/mol. The number of ether oxygens (including phenoxy) is 1. The molecule has 4 heteroatoms. The third kappa shape index (κ3) is 9.19. The van der Waals surface area contributed by atoms with Crippen LogP contribution < -0.4 is 0 Å². The van der Waals surface area contributed by atoms with E-state index in [1.54, 1.807) is 0 Å². The zero-order valence-corrected chi connectivity index (χ0v) is 9.00. The Balaban J connectivity index is 3.50. The number of carbonyl (C=O) groups excluding carboxylic acids is 1. The quantitative estimate of drug-likeness (QED) is 0.663. The van der Waals surface area contributed by atoms with Crippen LogP contribution in [0.3, 0.4) is 0 Å². The summed E-state index contributed by atoms with van der Waals surface area (Å²) < 4.78 is 4.76. The van der Waals surface area contributed by atoms with Gasteiger partial charge in [-0.05, 0) is 5.41 Å². The molecule has 0 unspecified atom stereocenters. The van der Waals surface area contributed by atoms with Crippen molar-refractivity contribution in [2.75, 3.05) is 13.2 Å². The number of rotatable bonds is 6. The lowest BCUT2D eigenvalue weighted by Gasteiger charge is -2.16. The van der Waals surface area contributed by atoms with Gasteiger partial charge in [0.25, 0.3) is 0 Å². The van der Waals surface area contributed by atoms with Gasteiger partial charge in [0.15, 0.2) is 0 Å². The Labute approximate surface area is 84.3 Å². The molecule has 0 bridgehead atoms. The number of carboxylic acid groups (broad SMARTS) is 1. The molecule has 1 N–H and O–H groups in total. The molecule has 14 heavy (non-hydrogen) atoms. The summed E-state index contributed by atoms with van der Waals surface area (Å²) in [5.74, 6) is -0.892. The van der Waals surface area contributed by atoms with E-state index in [9.17, 15) is 9.59 Å². The van der Waals surface area contributed by atoms with Crippen LogP contribution in [0, 0.1) is 5.41 Å². The fourth-order valence-corrected chi connectivity index (χ4v) is 1.03. The molecule has 82 valence electrons. The van der Waals surface area contributed by atoms with E-state index < -0.39 is 5.97 Å². The smallest absolute Gasteiger partial charge is 0.329 e. The van der Waals surface area contributed by atoms with Crippen molar-refractivity contribution < 1.29 is 19.4 Å². The highest BCUT2D eigenvalue weighted by Gasteiger charge is 2.15. The van der Waals surface area contributed by atoms with Gasteiger partial charge in [0.1, 0.15) is 12.4 Å². The van der Waals surface area contributed by atoms with E-state index in [1.807, 2.05) is 20.8 Å². The van der Waals surface area contributed by atoms with Crippen LogP contribution in [0.1, 0.15) is 33.6 Å². The summed E-state index contributed by atoms with van der Waals surface area (Å²) in [6.07, 6.45) is 0.800. The Bertz CT molecular complexity index is 203. The molecule has 0 aliphatic heterocycles. The van der Waals surface area contributed by atoms with Crippen molar-refractivity contribution in [3.63, 3.8) is 0 Å². The zero-order chi connectivity index (χ0) is 11.2. The van der Waals surface area contributed by atoms with Gasteiger partial charge in [-0.25, -0.2) is 4.79 Å². The number of carbonyl (C=O) groups is 2. The van der Waals surface area contributed by atoms with Crippen molar-refractivity contribution in [1.82, 2.24) is 0 Å². The Kier molecular flexibility index (Phi) is 5.38. The molecule has 0 aromatic carbocycles. The van der Waals surface area contributed by atoms with E-state index in [1.165, 1.54) is 0 Å². The fourth-order valence-electron chi connectivity index (χ4n) is 1.03. The zero-order valence-electron chi connectivity index (χ0n) is 9.00. The minimum atomic E-state index is -1.01. The standard InChI is InChI=1S/C10H18O4/c1-10(2,3)6-8(11)4-5-14-7-9(12)13/h4-7H2,1-3H3,(H,12,13). The maximum absolute atomic E-state index is 11.3. The van der Waals surface area contributed by atoms with Crippen molar-refractivity contribution in [2.45, 2.75) is 33.6 Å². The number of Topliss-reactive ketones (excluding diaryl/α,β-unsaturated/α-hetero) is 1. The molecule has 0 aromatic rings. The first-order chi connectivity index (χ1) is 6.31. The van der Waals surface area contributed by atoms with Crippen LogP contribution >= 0.6 is 0 Å². The minimum Gasteiger partial charge on any atom is -0.480 e. The Morgan fingerprint density at radius 2 is 1.86 bits per heavy atom. The first-order valence-corrected chi connectivity index (χ1v) is 4.62. The minimum absolute atomic E-state index is 0.0100. The number of ketones is 1. The average molecular weight is 202 g/mol. The summed E-state index contributed by atoms with van der Waals surface area (Å²) in [6.45, 7) is 5.83. The van der Waals surface area contributed by atoms with E-state index in [4.69, 9.17) is 9.84 Å². The molecule has 0 amide bonds. The predicted molar refractivity (Wildman–Crippen MR) is 52.2 cm³/mol. The van der Waals surface area contributed by atoms with Gasteiger partial charge < -0.3 is 9.84 Å². The van der Waals surface area contributed by atoms with Crippen molar-refractivity contribution in [2.24, 2.45) is 5.41 Å². The Morgan fingerprint density at radius 1 is 1.29 bits per heavy atom. The average Bonchev–Trinajstić information content (AvgIpc) is 1.94. The molecule has 0 aromatic heterocycles. The fraction of sp³-hybridized carbons (Fsp3) is 0.800. The Morgan fingerprint density at radius 3 is 2.29 bits per heavy atom. The van der Waals surface area contributed by atoms with Gasteiger partial charge in [-0.15, -0.1) is 0 Å². The summed E-state index contributed by atoms with van der Waals surface area (Å²) in [5.41, 5.74) is -0.0100. The van der Waals surface area contributed by atoms with Crippen LogP contribution in [0.4, 0.5) is 0 Å². The maximum Gasteiger partial charge on any atom is 0.329 e. The van der Waals surface area contributed by atoms with Crippen LogP contribution in [0.25, 0.3) is 0 Å². The van der Waals surface area contributed by atoms with E-state index in [0.717, 1.165) is 0 Å². The largest absolute Gasteiger partial charge is 0.480 e. The van der Waals surface area contributed by atoms with Gasteiger partial charge in [-0.2, -0.15) is 0 Å². The molecule has 0 atom stereocenters. The second-order valence-electron chi connectivity index (χ2n) is 4.47. The van der Waals surface area contributed by atoms with Gasteiger partial charge in [0, 0.05) is 12.8 Å². The summed E-state index contributed by atoms with van der Waals surface area (Å²) in [6, 6.07) is 0. The van der Waals surface area contributed by atoms with Gasteiger partial charge in [0.2, 0.25) is 0 Å². The molecule has 0 saturated heterocycles. The first kappa shape index (κ1) is 13.1. The van der Waals surface area contributed by atoms with E-state index >= 15 is 0 Å². The van der Waals surface area contributed by atoms with E-state index in [-0.39, 0.29) is 24.4 Å². The third-order valence-corrected chi connectivity index (χ3v) is 1.48. The molecule has 0 saturated carbocycles. The molecule has 0 spiro atoms. The second kappa shape index (κ2) is 5.75. The van der Waals surface area contributed by atoms with Crippen LogP contribution in [-0.2, 0) is 14.3 Å². The molecule has 0 fully saturated rings. The maximum atomic E-state index is 11.3. The highest BCUT2D eigenvalue weighted by atomic mass is 16.5. The SMILES string of the molecule is CC(C)(C)CC(=O)CCOCC(=O)O. The number of hydrogen-bond donors (Lipinski definition) is 1. The van der Waals surface area contributed by atoms with Crippen LogP contribution in [0.15, 0.2) is 0 Å². The van der Waals surface area contributed by atoms with Crippen molar-refractivity contribution >= 4 is 11.8 Å². The monoisotopic (exact) mass is 202 g/mol. The molecule has 4 nitrogen and oxygen atoms in total. The van der Waals surface area contributed by atoms with Crippen molar-refractivity contribution in [3.05, 3.63) is 0 Å². The van der Waals surface area contributed by atoms with Gasteiger partial charge >= 0.3 is 5.97 Å². The summed E-state index contributed by atoms with van der Waals surface area (Å²) in [7, 11) is 0. The topological polar surface area (TPSA) is 63.6 Å². The molecule has 0 heterocycles. The van der Waals surface area contributed by atoms with Crippen LogP contribution in [-0.4, -0.2) is 30.1 Å². The molecule has 0 aliphatic carbocycles. The van der Waals surface area contributed by atoms with Crippen molar-refractivity contribution in [1.29, 1.82) is 0 Å². The predicted octanol–water partition coefficient (Wildman–Crippen LogP) is 1.48. The lowest BCUT2D eigenvalue weighted by molar-refractivity contribution is -0.142. The summed E-state index contributed by atoms with van der Waals surface area (Å²) >= 11 is 0. The highest BCUT2D eigenvalue weighted by molar-refractivity contribution is 5.79. The third-order valence-electron chi connectivity index (χ3n) is 1.48. The van der Waals surface area contributed by atoms with E-state index in [0.29, 0.717) is 12.8 Å². The van der Waals surface area contributed by atoms with Gasteiger partial charge in [-0.1, -0.05) is 20.8 Å². The normalized spacial score (nSPS) is 11.4. The number of hydrogen-bond acceptors (Lipinski definition) is 3. The lowest BCUT2D eigenvalue weighted by atomic mass is 9.89. The number of aliphatic carboxylic acids is 1. The molecule has 0 aliphatic rings. The van der Waals surface area contributed by atoms with Gasteiger partial charge in [0.05, 0.1) is 6.61 Å². The first-order valence-electron chi connectivity index (χ1n) is 4.62. The second-order valence-corrected chi connectivity index (χ2v) is 4.47. The molecule has 0 rings (SSSR count). The highest BCUT2D eigenvalue weighted by Crippen LogP contribution is 2.19. The number of carboxylic acids is 1. The van der Waals surface area contributed by atoms with Gasteiger partial charge in [-0.3, -0.25) is 4.79 Å². The van der Waals surface area contributed by atoms with Crippen molar-refractivity contribution in [3.8, 4) is 0 Å². The molecule has 0 radical (unpaired) electrons. The van der Waals surface area contributed by atoms with Crippen LogP contribution in [0.2, 0.25) is 0 Å². The Hall–Kier alpha value is -0.900. The van der Waals surface area contributed by atoms with Crippen LogP contribution in [0.5, 0.6) is 0 Å². The summed E-state index contributed by atoms with van der Waals surface area (Å²) in [4.78, 5) is 21.3. The lowest BCUT2D eigenvalue weighted by Crippen LogP contribution is -2.15. The summed E-state index contributed by atoms with van der Waals surface area (Å²) in [5, 5.41) is 8.26.